The molecule has 3 rings (SSSR count). The number of fused-ring (bicyclic) bond motifs is 1. The standard InChI is InChI=1S/C15H26O4/c1-6-7-9-14-13(3)11(18-14)8-10-12(2,19-13)15(14,16-4)17-5/h11H,6-10H2,1-5H3/t11-,12-,13+,14-/m0/s1. The van der Waals surface area contributed by atoms with Gasteiger partial charge in [0.2, 0.25) is 5.79 Å². The predicted octanol–water partition coefficient (Wildman–Crippen LogP) is 2.64. The summed E-state index contributed by atoms with van der Waals surface area (Å²) in [6.45, 7) is 6.48. The van der Waals surface area contributed by atoms with Gasteiger partial charge in [0.1, 0.15) is 11.2 Å². The van der Waals surface area contributed by atoms with Crippen molar-refractivity contribution in [1.82, 2.24) is 0 Å². The number of rotatable bonds is 5. The molecule has 0 spiro atoms. The van der Waals surface area contributed by atoms with Crippen molar-refractivity contribution in [2.45, 2.75) is 81.6 Å². The number of ether oxygens (including phenoxy) is 4. The van der Waals surface area contributed by atoms with Crippen LogP contribution in [0.25, 0.3) is 0 Å². The molecule has 0 amide bonds. The van der Waals surface area contributed by atoms with E-state index in [4.69, 9.17) is 18.9 Å². The molecule has 3 fully saturated rings. The molecule has 3 aliphatic rings. The van der Waals surface area contributed by atoms with Crippen molar-refractivity contribution < 1.29 is 18.9 Å². The molecule has 3 aliphatic heterocycles. The molecule has 0 radical (unpaired) electrons. The summed E-state index contributed by atoms with van der Waals surface area (Å²) in [4.78, 5) is 0. The monoisotopic (exact) mass is 270 g/mol. The zero-order valence-electron chi connectivity index (χ0n) is 12.7. The number of unbranched alkanes of at least 4 members (excludes halogenated alkanes) is 1. The van der Waals surface area contributed by atoms with Crippen molar-refractivity contribution in [1.29, 1.82) is 0 Å². The molecule has 4 nitrogen and oxygen atoms in total. The van der Waals surface area contributed by atoms with E-state index in [0.29, 0.717) is 0 Å². The van der Waals surface area contributed by atoms with Crippen molar-refractivity contribution in [2.75, 3.05) is 14.2 Å². The molecule has 19 heavy (non-hydrogen) atoms. The van der Waals surface area contributed by atoms with Gasteiger partial charge < -0.3 is 18.9 Å². The van der Waals surface area contributed by atoms with Crippen LogP contribution >= 0.6 is 0 Å². The molecule has 110 valence electrons. The fourth-order valence-corrected chi connectivity index (χ4v) is 4.89. The average Bonchev–Trinajstić information content (AvgIpc) is 2.47. The maximum atomic E-state index is 6.46. The first-order chi connectivity index (χ1) is 8.95. The molecule has 4 heteroatoms. The lowest BCUT2D eigenvalue weighted by Gasteiger charge is -2.60. The van der Waals surface area contributed by atoms with Gasteiger partial charge in [0.25, 0.3) is 0 Å². The van der Waals surface area contributed by atoms with Crippen LogP contribution in [0.5, 0.6) is 0 Å². The Balaban J connectivity index is 2.09. The minimum atomic E-state index is -0.795. The summed E-state index contributed by atoms with van der Waals surface area (Å²) in [5.41, 5.74) is -1.16. The summed E-state index contributed by atoms with van der Waals surface area (Å²) >= 11 is 0. The third-order valence-electron chi connectivity index (χ3n) is 5.77. The normalized spacial score (nSPS) is 50.1. The lowest BCUT2D eigenvalue weighted by molar-refractivity contribution is -0.390. The average molecular weight is 270 g/mol. The Morgan fingerprint density at radius 2 is 1.89 bits per heavy atom. The molecule has 0 saturated carbocycles. The summed E-state index contributed by atoms with van der Waals surface area (Å²) in [5, 5.41) is 0. The van der Waals surface area contributed by atoms with Crippen LogP contribution in [-0.2, 0) is 18.9 Å². The molecular formula is C15H26O4. The van der Waals surface area contributed by atoms with Crippen molar-refractivity contribution in [2.24, 2.45) is 0 Å². The SMILES string of the molecule is CCCC[C@]12O[C@H]3CC[C@](C)(O[C@]31C)C2(OC)OC. The van der Waals surface area contributed by atoms with Crippen molar-refractivity contribution >= 4 is 0 Å². The highest BCUT2D eigenvalue weighted by Gasteiger charge is 2.87. The van der Waals surface area contributed by atoms with Crippen molar-refractivity contribution in [3.8, 4) is 0 Å². The Bertz CT molecular complexity index is 380. The molecule has 0 aliphatic carbocycles. The summed E-state index contributed by atoms with van der Waals surface area (Å²) in [7, 11) is 3.43. The summed E-state index contributed by atoms with van der Waals surface area (Å²) in [6.07, 6.45) is 5.28. The summed E-state index contributed by atoms with van der Waals surface area (Å²) < 4.78 is 24.6. The van der Waals surface area contributed by atoms with Crippen LogP contribution in [0.15, 0.2) is 0 Å². The smallest absolute Gasteiger partial charge is 0.230 e. The molecule has 0 aromatic rings. The van der Waals surface area contributed by atoms with Crippen LogP contribution in [0.4, 0.5) is 0 Å². The van der Waals surface area contributed by atoms with E-state index in [1.165, 1.54) is 0 Å². The van der Waals surface area contributed by atoms with Gasteiger partial charge in [-0.2, -0.15) is 0 Å². The first-order valence-electron chi connectivity index (χ1n) is 7.43. The highest BCUT2D eigenvalue weighted by atomic mass is 16.8. The van der Waals surface area contributed by atoms with E-state index in [1.54, 1.807) is 14.2 Å². The van der Waals surface area contributed by atoms with Crippen LogP contribution in [0.1, 0.15) is 52.9 Å². The molecule has 3 heterocycles. The van der Waals surface area contributed by atoms with Crippen molar-refractivity contribution in [3.05, 3.63) is 0 Å². The molecule has 0 unspecified atom stereocenters. The predicted molar refractivity (Wildman–Crippen MR) is 71.0 cm³/mol. The molecule has 4 atom stereocenters. The Kier molecular flexibility index (Phi) is 2.86. The van der Waals surface area contributed by atoms with Crippen LogP contribution < -0.4 is 0 Å². The molecule has 3 saturated heterocycles. The fourth-order valence-electron chi connectivity index (χ4n) is 4.89. The minimum absolute atomic E-state index is 0.185. The fraction of sp³-hybridized carbons (Fsp3) is 1.00. The molecule has 0 aromatic heterocycles. The highest BCUT2D eigenvalue weighted by molar-refractivity contribution is 5.32. The van der Waals surface area contributed by atoms with Gasteiger partial charge >= 0.3 is 0 Å². The Labute approximate surface area is 115 Å². The Hall–Kier alpha value is -0.160. The van der Waals surface area contributed by atoms with Crippen LogP contribution in [0, 0.1) is 0 Å². The second kappa shape index (κ2) is 3.94. The van der Waals surface area contributed by atoms with E-state index in [-0.39, 0.29) is 11.7 Å². The molecule has 2 bridgehead atoms. The topological polar surface area (TPSA) is 36.9 Å². The maximum Gasteiger partial charge on any atom is 0.230 e. The van der Waals surface area contributed by atoms with Gasteiger partial charge in [0.05, 0.1) is 6.10 Å². The van der Waals surface area contributed by atoms with E-state index < -0.39 is 17.0 Å². The first kappa shape index (κ1) is 13.8. The second-order valence-corrected chi connectivity index (χ2v) is 6.54. The van der Waals surface area contributed by atoms with Crippen LogP contribution in [0.2, 0.25) is 0 Å². The van der Waals surface area contributed by atoms with E-state index in [9.17, 15) is 0 Å². The van der Waals surface area contributed by atoms with Crippen LogP contribution in [0.3, 0.4) is 0 Å². The minimum Gasteiger partial charge on any atom is -0.360 e. The molecule has 0 N–H and O–H groups in total. The third kappa shape index (κ3) is 1.21. The zero-order valence-corrected chi connectivity index (χ0v) is 12.7. The van der Waals surface area contributed by atoms with E-state index >= 15 is 0 Å². The summed E-state index contributed by atoms with van der Waals surface area (Å²) in [5.74, 6) is -0.795. The third-order valence-corrected chi connectivity index (χ3v) is 5.77. The summed E-state index contributed by atoms with van der Waals surface area (Å²) in [6, 6.07) is 0. The molecule has 0 aromatic carbocycles. The second-order valence-electron chi connectivity index (χ2n) is 6.54. The van der Waals surface area contributed by atoms with E-state index in [0.717, 1.165) is 32.1 Å². The van der Waals surface area contributed by atoms with Gasteiger partial charge in [-0.3, -0.25) is 0 Å². The quantitative estimate of drug-likeness (QED) is 0.720. The first-order valence-corrected chi connectivity index (χ1v) is 7.43. The lowest BCUT2D eigenvalue weighted by Crippen LogP contribution is -2.77. The van der Waals surface area contributed by atoms with Gasteiger partial charge in [0.15, 0.2) is 5.60 Å². The number of hydrogen-bond acceptors (Lipinski definition) is 4. The maximum absolute atomic E-state index is 6.46. The van der Waals surface area contributed by atoms with Gasteiger partial charge in [-0.05, 0) is 33.1 Å². The Morgan fingerprint density at radius 3 is 2.47 bits per heavy atom. The van der Waals surface area contributed by atoms with Gasteiger partial charge in [-0.25, -0.2) is 0 Å². The van der Waals surface area contributed by atoms with E-state index in [1.807, 2.05) is 0 Å². The largest absolute Gasteiger partial charge is 0.360 e. The highest BCUT2D eigenvalue weighted by Crippen LogP contribution is 2.70. The number of hydrogen-bond donors (Lipinski definition) is 0. The van der Waals surface area contributed by atoms with Gasteiger partial charge in [-0.15, -0.1) is 0 Å². The molecular weight excluding hydrogens is 244 g/mol. The van der Waals surface area contributed by atoms with Crippen LogP contribution in [-0.4, -0.2) is 42.9 Å². The number of methoxy groups -OCH3 is 2. The van der Waals surface area contributed by atoms with E-state index in [2.05, 4.69) is 20.8 Å². The van der Waals surface area contributed by atoms with Gasteiger partial charge in [0, 0.05) is 14.2 Å². The Morgan fingerprint density at radius 1 is 1.21 bits per heavy atom. The van der Waals surface area contributed by atoms with Crippen molar-refractivity contribution in [3.63, 3.8) is 0 Å². The zero-order chi connectivity index (χ0) is 13.9. The van der Waals surface area contributed by atoms with Gasteiger partial charge in [-0.1, -0.05) is 19.8 Å². The lowest BCUT2D eigenvalue weighted by atomic mass is 9.67.